The quantitative estimate of drug-likeness (QED) is 0.707. The van der Waals surface area contributed by atoms with Crippen LogP contribution in [0, 0.1) is 0 Å². The van der Waals surface area contributed by atoms with Crippen molar-refractivity contribution in [3.63, 3.8) is 0 Å². The number of carbonyl (C=O) groups is 1. The van der Waals surface area contributed by atoms with Crippen molar-refractivity contribution in [2.45, 2.75) is 20.0 Å². The summed E-state index contributed by atoms with van der Waals surface area (Å²) in [4.78, 5) is 15.0. The molecule has 0 N–H and O–H groups in total. The van der Waals surface area contributed by atoms with Crippen LogP contribution in [-0.2, 0) is 13.1 Å². The second-order valence-corrected chi connectivity index (χ2v) is 3.31. The van der Waals surface area contributed by atoms with Gasteiger partial charge in [-0.2, -0.15) is 0 Å². The molecule has 0 saturated carbocycles. The lowest BCUT2D eigenvalue weighted by atomic mass is 10.4. The van der Waals surface area contributed by atoms with Crippen LogP contribution in [0.25, 0.3) is 0 Å². The molecule has 0 spiro atoms. The molecule has 0 saturated heterocycles. The maximum absolute atomic E-state index is 10.7. The molecule has 2 aromatic heterocycles. The van der Waals surface area contributed by atoms with Gasteiger partial charge in [0.05, 0.1) is 12.2 Å². The first kappa shape index (κ1) is 9.71. The highest BCUT2D eigenvalue weighted by Gasteiger charge is 2.04. The fraction of sp³-hybridized carbons (Fsp3) is 0.273. The van der Waals surface area contributed by atoms with Crippen molar-refractivity contribution in [3.05, 3.63) is 42.2 Å². The van der Waals surface area contributed by atoms with Gasteiger partial charge in [-0.3, -0.25) is 4.79 Å². The molecule has 0 atom stereocenters. The van der Waals surface area contributed by atoms with Crippen molar-refractivity contribution in [1.29, 1.82) is 0 Å². The topological polar surface area (TPSA) is 39.8 Å². The van der Waals surface area contributed by atoms with Crippen LogP contribution < -0.4 is 0 Å². The maximum atomic E-state index is 10.7. The van der Waals surface area contributed by atoms with Crippen LogP contribution in [0.4, 0.5) is 0 Å². The molecule has 2 heterocycles. The van der Waals surface area contributed by atoms with Crippen molar-refractivity contribution in [3.8, 4) is 0 Å². The van der Waals surface area contributed by atoms with E-state index in [1.807, 2.05) is 23.0 Å². The number of nitrogens with zero attached hydrogens (tertiary/aromatic N) is 3. The first-order valence-electron chi connectivity index (χ1n) is 4.95. The summed E-state index contributed by atoms with van der Waals surface area (Å²) in [5, 5.41) is 0. The molecule has 0 bridgehead atoms. The molecule has 4 nitrogen and oxygen atoms in total. The molecular formula is C11H13N3O. The zero-order chi connectivity index (χ0) is 10.7. The van der Waals surface area contributed by atoms with Crippen LogP contribution in [0.3, 0.4) is 0 Å². The van der Waals surface area contributed by atoms with Gasteiger partial charge in [-0.15, -0.1) is 0 Å². The molecule has 0 aliphatic carbocycles. The lowest BCUT2D eigenvalue weighted by molar-refractivity contribution is 0.111. The van der Waals surface area contributed by atoms with E-state index in [1.165, 1.54) is 0 Å². The van der Waals surface area contributed by atoms with E-state index >= 15 is 0 Å². The Balaban J connectivity index is 2.25. The number of imidazole rings is 1. The Bertz CT molecular complexity index is 456. The first-order valence-corrected chi connectivity index (χ1v) is 4.95. The second-order valence-electron chi connectivity index (χ2n) is 3.31. The summed E-state index contributed by atoms with van der Waals surface area (Å²) >= 11 is 0. The molecule has 15 heavy (non-hydrogen) atoms. The number of hydrogen-bond donors (Lipinski definition) is 0. The highest BCUT2D eigenvalue weighted by molar-refractivity contribution is 5.72. The summed E-state index contributed by atoms with van der Waals surface area (Å²) in [5.74, 6) is 0.969. The minimum atomic E-state index is 0.641. The van der Waals surface area contributed by atoms with Gasteiger partial charge in [-0.25, -0.2) is 4.98 Å². The molecule has 0 aliphatic heterocycles. The van der Waals surface area contributed by atoms with Crippen molar-refractivity contribution in [1.82, 2.24) is 14.1 Å². The van der Waals surface area contributed by atoms with E-state index in [0.29, 0.717) is 12.2 Å². The fourth-order valence-corrected chi connectivity index (χ4v) is 1.61. The van der Waals surface area contributed by atoms with E-state index in [1.54, 1.807) is 12.3 Å². The van der Waals surface area contributed by atoms with E-state index in [0.717, 1.165) is 18.7 Å². The van der Waals surface area contributed by atoms with Crippen LogP contribution in [0.5, 0.6) is 0 Å². The van der Waals surface area contributed by atoms with E-state index in [-0.39, 0.29) is 0 Å². The van der Waals surface area contributed by atoms with E-state index in [9.17, 15) is 4.79 Å². The fourth-order valence-electron chi connectivity index (χ4n) is 1.61. The molecular weight excluding hydrogens is 190 g/mol. The SMILES string of the molecule is CCn1ccnc1Cn1cccc1C=O. The average molecular weight is 203 g/mol. The average Bonchev–Trinajstić information content (AvgIpc) is 2.87. The number of carbonyl (C=O) groups excluding carboxylic acids is 1. The Hall–Kier alpha value is -1.84. The standard InChI is InChI=1S/C11H13N3O/c1-2-13-7-5-12-11(13)8-14-6-3-4-10(14)9-15/h3-7,9H,2,8H2,1H3. The van der Waals surface area contributed by atoms with Gasteiger partial charge in [-0.1, -0.05) is 0 Å². The molecule has 2 rings (SSSR count). The number of aryl methyl sites for hydroxylation is 1. The van der Waals surface area contributed by atoms with Gasteiger partial charge in [0.2, 0.25) is 0 Å². The largest absolute Gasteiger partial charge is 0.338 e. The summed E-state index contributed by atoms with van der Waals surface area (Å²) in [7, 11) is 0. The zero-order valence-corrected chi connectivity index (χ0v) is 8.63. The molecule has 0 radical (unpaired) electrons. The van der Waals surface area contributed by atoms with Crippen molar-refractivity contribution < 1.29 is 4.79 Å². The zero-order valence-electron chi connectivity index (χ0n) is 8.63. The van der Waals surface area contributed by atoms with Gasteiger partial charge in [0.25, 0.3) is 0 Å². The summed E-state index contributed by atoms with van der Waals surface area (Å²) in [6, 6.07) is 3.66. The third-order valence-corrected chi connectivity index (χ3v) is 2.44. The van der Waals surface area contributed by atoms with E-state index < -0.39 is 0 Å². The molecule has 0 amide bonds. The third-order valence-electron chi connectivity index (χ3n) is 2.44. The lowest BCUT2D eigenvalue weighted by Crippen LogP contribution is -2.08. The second kappa shape index (κ2) is 4.13. The Morgan fingerprint density at radius 3 is 3.00 bits per heavy atom. The van der Waals surface area contributed by atoms with Gasteiger partial charge < -0.3 is 9.13 Å². The Morgan fingerprint density at radius 1 is 1.40 bits per heavy atom. The van der Waals surface area contributed by atoms with Crippen molar-refractivity contribution in [2.24, 2.45) is 0 Å². The number of aromatic nitrogens is 3. The minimum Gasteiger partial charge on any atom is -0.338 e. The summed E-state index contributed by atoms with van der Waals surface area (Å²) < 4.78 is 3.95. The van der Waals surface area contributed by atoms with Gasteiger partial charge in [0, 0.05) is 25.1 Å². The molecule has 2 aromatic rings. The van der Waals surface area contributed by atoms with Crippen molar-refractivity contribution in [2.75, 3.05) is 0 Å². The van der Waals surface area contributed by atoms with Gasteiger partial charge in [-0.05, 0) is 19.1 Å². The molecule has 0 fully saturated rings. The van der Waals surface area contributed by atoms with Crippen LogP contribution >= 0.6 is 0 Å². The van der Waals surface area contributed by atoms with Crippen LogP contribution in [0.2, 0.25) is 0 Å². The lowest BCUT2D eigenvalue weighted by Gasteiger charge is -2.07. The Kier molecular flexibility index (Phi) is 2.67. The Labute approximate surface area is 88.2 Å². The van der Waals surface area contributed by atoms with Crippen LogP contribution in [-0.4, -0.2) is 20.4 Å². The highest BCUT2D eigenvalue weighted by Crippen LogP contribution is 2.05. The van der Waals surface area contributed by atoms with Crippen LogP contribution in [0.15, 0.2) is 30.7 Å². The number of hydrogen-bond acceptors (Lipinski definition) is 2. The predicted octanol–water partition coefficient (Wildman–Crippen LogP) is 1.57. The van der Waals surface area contributed by atoms with E-state index in [2.05, 4.69) is 16.5 Å². The molecule has 0 aliphatic rings. The molecule has 78 valence electrons. The summed E-state index contributed by atoms with van der Waals surface area (Å²) in [5.41, 5.74) is 0.681. The van der Waals surface area contributed by atoms with Gasteiger partial charge in [0.1, 0.15) is 5.82 Å². The first-order chi connectivity index (χ1) is 7.35. The maximum Gasteiger partial charge on any atom is 0.166 e. The highest BCUT2D eigenvalue weighted by atomic mass is 16.1. The molecule has 4 heteroatoms. The third kappa shape index (κ3) is 1.83. The number of aldehydes is 1. The summed E-state index contributed by atoms with van der Waals surface area (Å²) in [6.07, 6.45) is 6.47. The normalized spacial score (nSPS) is 10.5. The number of rotatable bonds is 4. The van der Waals surface area contributed by atoms with Gasteiger partial charge in [0.15, 0.2) is 6.29 Å². The van der Waals surface area contributed by atoms with E-state index in [4.69, 9.17) is 0 Å². The Morgan fingerprint density at radius 2 is 2.27 bits per heavy atom. The van der Waals surface area contributed by atoms with Gasteiger partial charge >= 0.3 is 0 Å². The predicted molar refractivity (Wildman–Crippen MR) is 56.8 cm³/mol. The monoisotopic (exact) mass is 203 g/mol. The summed E-state index contributed by atoms with van der Waals surface area (Å²) in [6.45, 7) is 3.61. The minimum absolute atomic E-state index is 0.641. The smallest absolute Gasteiger partial charge is 0.166 e. The molecule has 0 aromatic carbocycles. The van der Waals surface area contributed by atoms with Crippen molar-refractivity contribution >= 4 is 6.29 Å². The molecule has 0 unspecified atom stereocenters. The van der Waals surface area contributed by atoms with Crippen LogP contribution in [0.1, 0.15) is 23.2 Å².